The van der Waals surface area contributed by atoms with Crippen molar-refractivity contribution in [3.05, 3.63) is 0 Å². The van der Waals surface area contributed by atoms with E-state index in [0.29, 0.717) is 0 Å². The molecule has 1 radical (unpaired) electrons. The maximum absolute atomic E-state index is 10.7. The predicted octanol–water partition coefficient (Wildman–Crippen LogP) is -2.37. The Morgan fingerprint density at radius 1 is 0.600 bits per heavy atom. The normalized spacial score (nSPS) is 11.2. The Hall–Kier alpha value is -0.201. The molecule has 0 aromatic rings. The number of alkyl halides is 6. The molecule has 6 N–H and O–H groups in total. The fourth-order valence-electron chi connectivity index (χ4n) is 0. The summed E-state index contributed by atoms with van der Waals surface area (Å²) >= 11 is 0. The number of hydrogen-bond acceptors (Lipinski definition) is 6. The van der Waals surface area contributed by atoms with E-state index < -0.39 is 31.3 Å². The number of halogens is 6. The van der Waals surface area contributed by atoms with Gasteiger partial charge < -0.3 is 25.5 Å². The summed E-state index contributed by atoms with van der Waals surface area (Å²) in [7, 11) is -12.2. The predicted molar refractivity (Wildman–Crippen MR) is 42.3 cm³/mol. The van der Waals surface area contributed by atoms with Crippen LogP contribution >= 0.6 is 0 Å². The van der Waals surface area contributed by atoms with Crippen LogP contribution in [0.1, 0.15) is 0 Å². The van der Waals surface area contributed by atoms with E-state index in [9.17, 15) is 26.3 Å². The van der Waals surface area contributed by atoms with Crippen molar-refractivity contribution in [1.82, 2.24) is 0 Å². The van der Waals surface area contributed by atoms with Crippen LogP contribution < -0.4 is 0 Å². The first-order valence-corrected chi connectivity index (χ1v) is 5.36. The van der Waals surface area contributed by atoms with E-state index in [0.717, 1.165) is 0 Å². The van der Waals surface area contributed by atoms with Crippen LogP contribution in [0.3, 0.4) is 0 Å². The van der Waals surface area contributed by atoms with Gasteiger partial charge in [0.25, 0.3) is 0 Å². The largest absolute Gasteiger partial charge is 2.00 e. The topological polar surface area (TPSA) is 209 Å². The van der Waals surface area contributed by atoms with Gasteiger partial charge in [-0.25, -0.2) is 16.8 Å². The van der Waals surface area contributed by atoms with Crippen molar-refractivity contribution in [2.45, 2.75) is 11.0 Å². The maximum Gasteiger partial charge on any atom is 2.00 e. The Morgan fingerprint density at radius 3 is 0.650 bits per heavy atom. The molecule has 20 heavy (non-hydrogen) atoms. The van der Waals surface area contributed by atoms with Gasteiger partial charge in [0.1, 0.15) is 0 Å². The average molecular weight is 416 g/mol. The molecule has 0 atom stereocenters. The van der Waals surface area contributed by atoms with Crippen LogP contribution in [0.5, 0.6) is 0 Å². The van der Waals surface area contributed by atoms with Gasteiger partial charge in [-0.15, -0.1) is 0 Å². The molecule has 9 nitrogen and oxygen atoms in total. The number of rotatable bonds is 0. The minimum Gasteiger partial charge on any atom is -0.741 e. The van der Waals surface area contributed by atoms with Crippen LogP contribution in [0, 0.1) is 0 Å². The zero-order valence-electron chi connectivity index (χ0n) is 8.34. The third-order valence-corrected chi connectivity index (χ3v) is 1.70. The summed E-state index contributed by atoms with van der Waals surface area (Å²) in [6.07, 6.45) is 0. The monoisotopic (exact) mass is 415 g/mol. The fourth-order valence-corrected chi connectivity index (χ4v) is 0. The molecule has 0 spiro atoms. The summed E-state index contributed by atoms with van der Waals surface area (Å²) in [6, 6.07) is 0. The molecule has 0 aliphatic carbocycles. The van der Waals surface area contributed by atoms with E-state index in [-0.39, 0.29) is 33.5 Å². The summed E-state index contributed by atoms with van der Waals surface area (Å²) < 4.78 is 118. The van der Waals surface area contributed by atoms with E-state index in [2.05, 4.69) is 0 Å². The van der Waals surface area contributed by atoms with E-state index in [1.807, 2.05) is 0 Å². The molecule has 0 amide bonds. The van der Waals surface area contributed by atoms with Gasteiger partial charge >= 0.3 is 28.1 Å². The molecule has 0 bridgehead atoms. The molecule has 0 saturated heterocycles. The van der Waals surface area contributed by atoms with Gasteiger partial charge in [-0.2, -0.15) is 26.3 Å². The quantitative estimate of drug-likeness (QED) is 0.182. The Bertz CT molecular complexity index is 378. The van der Waals surface area contributed by atoms with Crippen molar-refractivity contribution in [2.75, 3.05) is 0 Å². The van der Waals surface area contributed by atoms with Gasteiger partial charge in [0.05, 0.1) is 0 Å². The molecule has 0 aromatic heterocycles. The van der Waals surface area contributed by atoms with Crippen molar-refractivity contribution < 1.29 is 85.8 Å². The summed E-state index contributed by atoms with van der Waals surface area (Å²) in [5.74, 6) is 0. The van der Waals surface area contributed by atoms with Crippen molar-refractivity contribution in [3.63, 3.8) is 0 Å². The average Bonchev–Trinajstić information content (AvgIpc) is 1.77. The third kappa shape index (κ3) is 15.9. The van der Waals surface area contributed by atoms with Crippen molar-refractivity contribution in [3.8, 4) is 0 Å². The van der Waals surface area contributed by atoms with E-state index in [1.54, 1.807) is 0 Å². The summed E-state index contributed by atoms with van der Waals surface area (Å²) in [6.45, 7) is 0. The second-order valence-electron chi connectivity index (χ2n) is 1.80. The van der Waals surface area contributed by atoms with Gasteiger partial charge in [0.15, 0.2) is 20.2 Å². The van der Waals surface area contributed by atoms with Gasteiger partial charge in [0.2, 0.25) is 0 Å². The van der Waals surface area contributed by atoms with E-state index in [4.69, 9.17) is 25.9 Å². The molecular weight excluding hydrogens is 410 g/mol. The molecule has 0 unspecified atom stereocenters. The van der Waals surface area contributed by atoms with Crippen LogP contribution in [0.4, 0.5) is 26.3 Å². The first-order chi connectivity index (χ1) is 6.50. The minimum atomic E-state index is -6.09. The summed E-state index contributed by atoms with van der Waals surface area (Å²) in [5.41, 5.74) is -11.3. The summed E-state index contributed by atoms with van der Waals surface area (Å²) in [5, 5.41) is 0. The van der Waals surface area contributed by atoms with Gasteiger partial charge in [-0.1, -0.05) is 0 Å². The van der Waals surface area contributed by atoms with Gasteiger partial charge in [-0.3, -0.25) is 0 Å². The van der Waals surface area contributed by atoms with Crippen LogP contribution in [0.15, 0.2) is 0 Å². The standard InChI is InChI=1S/2CHF3O3S.Cu.3H2O/c2*2-1(3,4)8(5,6)7;;;;/h2*(H,5,6,7);;3*1H2/q;;+2;;;/p-2. The Labute approximate surface area is 117 Å². The summed E-state index contributed by atoms with van der Waals surface area (Å²) in [4.78, 5) is 0. The van der Waals surface area contributed by atoms with Crippen LogP contribution in [-0.2, 0) is 37.3 Å². The zero-order chi connectivity index (χ0) is 14.0. The maximum atomic E-state index is 10.7. The Kier molecular flexibility index (Phi) is 19.3. The minimum absolute atomic E-state index is 0. The first-order valence-electron chi connectivity index (χ1n) is 2.54. The molecule has 133 valence electrons. The first kappa shape index (κ1) is 36.7. The van der Waals surface area contributed by atoms with Crippen LogP contribution in [0.2, 0.25) is 0 Å². The van der Waals surface area contributed by atoms with Crippen LogP contribution in [0.25, 0.3) is 0 Å². The second kappa shape index (κ2) is 10.5. The SMILES string of the molecule is O.O.O.O=S(=O)([O-])C(F)(F)F.O=S(=O)([O-])C(F)(F)F.[Cu+2]. The molecule has 0 rings (SSSR count). The molecule has 0 saturated carbocycles. The smallest absolute Gasteiger partial charge is 0.741 e. The van der Waals surface area contributed by atoms with Gasteiger partial charge in [-0.05, 0) is 0 Å². The van der Waals surface area contributed by atoms with E-state index in [1.165, 1.54) is 0 Å². The zero-order valence-corrected chi connectivity index (χ0v) is 10.9. The van der Waals surface area contributed by atoms with Crippen molar-refractivity contribution >= 4 is 20.2 Å². The molecule has 0 heterocycles. The molecular formula is C2H6CuF6O9S2. The van der Waals surface area contributed by atoms with Crippen molar-refractivity contribution in [1.29, 1.82) is 0 Å². The Morgan fingerprint density at radius 2 is 0.650 bits per heavy atom. The molecule has 18 heteroatoms. The van der Waals surface area contributed by atoms with E-state index >= 15 is 0 Å². The third-order valence-electron chi connectivity index (χ3n) is 0.567. The fraction of sp³-hybridized carbons (Fsp3) is 1.00. The molecule has 0 fully saturated rings. The van der Waals surface area contributed by atoms with Crippen molar-refractivity contribution in [2.24, 2.45) is 0 Å². The molecule has 0 aromatic carbocycles. The Balaban J connectivity index is -0.0000000408. The number of hydrogen-bond donors (Lipinski definition) is 0. The molecule has 0 aliphatic heterocycles. The van der Waals surface area contributed by atoms with Crippen LogP contribution in [-0.4, -0.2) is 53.4 Å². The molecule has 0 aliphatic rings. The second-order valence-corrected chi connectivity index (χ2v) is 4.54. The van der Waals surface area contributed by atoms with Gasteiger partial charge in [0, 0.05) is 0 Å².